The second-order valence-corrected chi connectivity index (χ2v) is 4.58. The van der Waals surface area contributed by atoms with Crippen molar-refractivity contribution in [1.82, 2.24) is 14.5 Å². The molecular weight excluding hydrogens is 282 g/mol. The Balaban J connectivity index is 2.13. The number of para-hydroxylation sites is 1. The summed E-state index contributed by atoms with van der Waals surface area (Å²) in [6.45, 7) is -0.128. The summed E-state index contributed by atoms with van der Waals surface area (Å²) in [5, 5.41) is 17.8. The third-order valence-corrected chi connectivity index (χ3v) is 3.17. The van der Waals surface area contributed by atoms with Crippen LogP contribution in [0.15, 0.2) is 35.4 Å². The van der Waals surface area contributed by atoms with Gasteiger partial charge in [0.15, 0.2) is 0 Å². The van der Waals surface area contributed by atoms with Crippen molar-refractivity contribution in [2.45, 2.75) is 13.0 Å². The van der Waals surface area contributed by atoms with Gasteiger partial charge in [0.25, 0.3) is 5.56 Å². The number of rotatable bonds is 5. The van der Waals surface area contributed by atoms with Crippen molar-refractivity contribution in [2.75, 3.05) is 13.1 Å². The van der Waals surface area contributed by atoms with E-state index in [2.05, 4.69) is 4.98 Å². The Kier molecular flexibility index (Phi) is 4.84. The summed E-state index contributed by atoms with van der Waals surface area (Å²) in [5.41, 5.74) is 0.385. The third-order valence-electron chi connectivity index (χ3n) is 3.17. The van der Waals surface area contributed by atoms with E-state index in [1.54, 1.807) is 24.3 Å². The molecule has 0 unspecified atom stereocenters. The molecule has 0 bridgehead atoms. The monoisotopic (exact) mass is 295 g/mol. The normalized spacial score (nSPS) is 9.91. The molecule has 0 saturated heterocycles. The summed E-state index contributed by atoms with van der Waals surface area (Å²) in [7, 11) is 0. The molecule has 1 amide bonds. The molecule has 7 heteroatoms. The van der Waals surface area contributed by atoms with Gasteiger partial charge in [-0.1, -0.05) is 12.1 Å². The van der Waals surface area contributed by atoms with Crippen LogP contribution in [0.5, 0.6) is 0 Å². The summed E-state index contributed by atoms with van der Waals surface area (Å²) in [6, 6.07) is 10.7. The van der Waals surface area contributed by atoms with Gasteiger partial charge in [0.2, 0.25) is 5.91 Å². The molecule has 1 heterocycles. The lowest BCUT2D eigenvalue weighted by molar-refractivity contribution is -0.130. The second-order valence-electron chi connectivity index (χ2n) is 4.58. The van der Waals surface area contributed by atoms with Crippen LogP contribution in [-0.4, -0.2) is 33.4 Å². The van der Waals surface area contributed by atoms with Gasteiger partial charge in [-0.05, 0) is 12.1 Å². The van der Waals surface area contributed by atoms with Crippen molar-refractivity contribution in [3.8, 4) is 12.1 Å². The van der Waals surface area contributed by atoms with Crippen LogP contribution in [0.2, 0.25) is 0 Å². The van der Waals surface area contributed by atoms with Gasteiger partial charge in [-0.3, -0.25) is 14.2 Å². The summed E-state index contributed by atoms with van der Waals surface area (Å²) in [4.78, 5) is 29.5. The van der Waals surface area contributed by atoms with Gasteiger partial charge in [-0.15, -0.1) is 0 Å². The first-order valence-corrected chi connectivity index (χ1v) is 6.63. The standard InChI is InChI=1S/C15H13N5O2/c16-6-9-19(10-7-17)14(21)5-8-20-11-18-13-4-2-1-3-12(13)15(20)22/h1-4,11H,5,8-10H2. The number of aromatic nitrogens is 2. The zero-order valence-corrected chi connectivity index (χ0v) is 11.8. The number of carbonyl (C=O) groups excluding carboxylic acids is 1. The fraction of sp³-hybridized carbons (Fsp3) is 0.267. The number of benzene rings is 1. The van der Waals surface area contributed by atoms with Crippen molar-refractivity contribution in [2.24, 2.45) is 0 Å². The molecule has 1 aromatic carbocycles. The third kappa shape index (κ3) is 3.28. The average Bonchev–Trinajstić information content (AvgIpc) is 2.54. The van der Waals surface area contributed by atoms with Gasteiger partial charge in [0.1, 0.15) is 13.1 Å². The highest BCUT2D eigenvalue weighted by molar-refractivity contribution is 5.77. The molecule has 110 valence electrons. The highest BCUT2D eigenvalue weighted by Crippen LogP contribution is 2.05. The Morgan fingerprint density at radius 1 is 1.23 bits per heavy atom. The maximum Gasteiger partial charge on any atom is 0.261 e. The fourth-order valence-corrected chi connectivity index (χ4v) is 2.04. The van der Waals surface area contributed by atoms with E-state index in [4.69, 9.17) is 10.5 Å². The Morgan fingerprint density at radius 3 is 2.59 bits per heavy atom. The van der Waals surface area contributed by atoms with E-state index in [1.807, 2.05) is 12.1 Å². The first kappa shape index (κ1) is 15.2. The van der Waals surface area contributed by atoms with E-state index in [-0.39, 0.29) is 37.5 Å². The van der Waals surface area contributed by atoms with Crippen LogP contribution in [0, 0.1) is 22.7 Å². The topological polar surface area (TPSA) is 103 Å². The zero-order chi connectivity index (χ0) is 15.9. The zero-order valence-electron chi connectivity index (χ0n) is 11.8. The molecule has 0 saturated carbocycles. The molecule has 0 aliphatic carbocycles. The van der Waals surface area contributed by atoms with E-state index in [1.165, 1.54) is 10.9 Å². The lowest BCUT2D eigenvalue weighted by atomic mass is 10.2. The van der Waals surface area contributed by atoms with Gasteiger partial charge >= 0.3 is 0 Å². The number of nitrogens with zero attached hydrogens (tertiary/aromatic N) is 5. The predicted molar refractivity (Wildman–Crippen MR) is 78.4 cm³/mol. The number of nitriles is 2. The molecule has 0 aliphatic heterocycles. The van der Waals surface area contributed by atoms with E-state index in [0.29, 0.717) is 10.9 Å². The Labute approximate surface area is 126 Å². The SMILES string of the molecule is N#CCN(CC#N)C(=O)CCn1cnc2ccccc2c1=O. The molecule has 0 atom stereocenters. The van der Waals surface area contributed by atoms with Gasteiger partial charge < -0.3 is 4.90 Å². The Hall–Kier alpha value is -3.19. The van der Waals surface area contributed by atoms with Crippen molar-refractivity contribution < 1.29 is 4.79 Å². The Bertz CT molecular complexity index is 812. The van der Waals surface area contributed by atoms with Crippen LogP contribution in [-0.2, 0) is 11.3 Å². The fourth-order valence-electron chi connectivity index (χ4n) is 2.04. The number of fused-ring (bicyclic) bond motifs is 1. The quantitative estimate of drug-likeness (QED) is 0.754. The number of hydrogen-bond donors (Lipinski definition) is 0. The summed E-state index contributed by atoms with van der Waals surface area (Å²) in [6.07, 6.45) is 1.43. The van der Waals surface area contributed by atoms with Gasteiger partial charge in [0, 0.05) is 13.0 Å². The highest BCUT2D eigenvalue weighted by Gasteiger charge is 2.13. The van der Waals surface area contributed by atoms with E-state index in [9.17, 15) is 9.59 Å². The van der Waals surface area contributed by atoms with Crippen LogP contribution in [0.25, 0.3) is 10.9 Å². The molecule has 0 radical (unpaired) electrons. The predicted octanol–water partition coefficient (Wildman–Crippen LogP) is 0.662. The lowest BCUT2D eigenvalue weighted by Gasteiger charge is -2.16. The molecule has 7 nitrogen and oxygen atoms in total. The van der Waals surface area contributed by atoms with Crippen molar-refractivity contribution >= 4 is 16.8 Å². The van der Waals surface area contributed by atoms with Gasteiger partial charge in [0.05, 0.1) is 29.4 Å². The maximum atomic E-state index is 12.3. The van der Waals surface area contributed by atoms with Crippen LogP contribution in [0.3, 0.4) is 0 Å². The summed E-state index contributed by atoms with van der Waals surface area (Å²) < 4.78 is 1.36. The minimum Gasteiger partial charge on any atom is -0.316 e. The molecular formula is C15H13N5O2. The van der Waals surface area contributed by atoms with Gasteiger partial charge in [-0.25, -0.2) is 4.98 Å². The molecule has 22 heavy (non-hydrogen) atoms. The molecule has 0 spiro atoms. The van der Waals surface area contributed by atoms with Crippen molar-refractivity contribution in [1.29, 1.82) is 10.5 Å². The van der Waals surface area contributed by atoms with E-state index < -0.39 is 0 Å². The number of carbonyl (C=O) groups is 1. The summed E-state index contributed by atoms with van der Waals surface area (Å²) in [5.74, 6) is -0.344. The van der Waals surface area contributed by atoms with Crippen LogP contribution in [0.1, 0.15) is 6.42 Å². The Morgan fingerprint density at radius 2 is 1.91 bits per heavy atom. The molecule has 2 aromatic rings. The largest absolute Gasteiger partial charge is 0.316 e. The minimum atomic E-state index is -0.344. The number of hydrogen-bond acceptors (Lipinski definition) is 5. The molecule has 2 rings (SSSR count). The number of aryl methyl sites for hydroxylation is 1. The highest BCUT2D eigenvalue weighted by atomic mass is 16.2. The molecule has 1 aromatic heterocycles. The molecule has 0 fully saturated rings. The first-order chi connectivity index (χ1) is 10.7. The molecule has 0 N–H and O–H groups in total. The maximum absolute atomic E-state index is 12.3. The molecule has 0 aliphatic rings. The van der Waals surface area contributed by atoms with Crippen LogP contribution < -0.4 is 5.56 Å². The number of amides is 1. The van der Waals surface area contributed by atoms with E-state index in [0.717, 1.165) is 4.90 Å². The van der Waals surface area contributed by atoms with Crippen molar-refractivity contribution in [3.05, 3.63) is 40.9 Å². The lowest BCUT2D eigenvalue weighted by Crippen LogP contribution is -2.33. The average molecular weight is 295 g/mol. The smallest absolute Gasteiger partial charge is 0.261 e. The van der Waals surface area contributed by atoms with E-state index >= 15 is 0 Å². The first-order valence-electron chi connectivity index (χ1n) is 6.63. The second kappa shape index (κ2) is 7.00. The summed E-state index contributed by atoms with van der Waals surface area (Å²) >= 11 is 0. The van der Waals surface area contributed by atoms with Crippen molar-refractivity contribution in [3.63, 3.8) is 0 Å². The van der Waals surface area contributed by atoms with Crippen LogP contribution in [0.4, 0.5) is 0 Å². The van der Waals surface area contributed by atoms with Gasteiger partial charge in [-0.2, -0.15) is 10.5 Å². The van der Waals surface area contributed by atoms with Crippen LogP contribution >= 0.6 is 0 Å². The minimum absolute atomic E-state index is 0.0310.